The van der Waals surface area contributed by atoms with Gasteiger partial charge in [-0.2, -0.15) is 0 Å². The minimum Gasteiger partial charge on any atom is -0.0733 e. The van der Waals surface area contributed by atoms with Crippen molar-refractivity contribution in [2.24, 2.45) is 0 Å². The first-order valence-corrected chi connectivity index (χ1v) is 20.9. The van der Waals surface area contributed by atoms with Crippen LogP contribution in [0.25, 0.3) is 0 Å². The van der Waals surface area contributed by atoms with E-state index in [1.807, 2.05) is 0 Å². The molecular weight excluding hydrogens is 220 g/mol. The van der Waals surface area contributed by atoms with Crippen LogP contribution in [-0.4, -0.2) is 29.4 Å². The summed E-state index contributed by atoms with van der Waals surface area (Å²) in [7, 11) is -3.14. The zero-order valence-corrected chi connectivity index (χ0v) is 14.7. The zero-order chi connectivity index (χ0) is 10.7. The monoisotopic (exact) mass is 246 g/mol. The molecule has 0 unspecified atom stereocenters. The molecule has 13 heavy (non-hydrogen) atoms. The van der Waals surface area contributed by atoms with Crippen molar-refractivity contribution < 1.29 is 0 Å². The number of hydrogen-bond acceptors (Lipinski definition) is 0. The molecule has 0 nitrogen and oxygen atoms in total. The molecule has 1 aliphatic heterocycles. The molecule has 0 atom stereocenters. The van der Waals surface area contributed by atoms with Gasteiger partial charge in [-0.3, -0.25) is 0 Å². The fraction of sp³-hybridized carbons (Fsp3) is 1.00. The third-order valence-corrected chi connectivity index (χ3v) is 81.3. The lowest BCUT2D eigenvalue weighted by atomic mass is 11.8. The van der Waals surface area contributed by atoms with Crippen LogP contribution in [0.1, 0.15) is 0 Å². The highest BCUT2D eigenvalue weighted by Gasteiger charge is 2.65. The van der Waals surface area contributed by atoms with E-state index in [0.29, 0.717) is 0 Å². The molecule has 0 spiro atoms. The number of rotatable bonds is 0. The van der Waals surface area contributed by atoms with Crippen LogP contribution in [0, 0.1) is 0 Å². The van der Waals surface area contributed by atoms with Crippen molar-refractivity contribution in [3.63, 3.8) is 0 Å². The van der Waals surface area contributed by atoms with E-state index in [-0.39, 0.29) is 0 Å². The minimum absolute atomic E-state index is 0.776. The first-order valence-electron chi connectivity index (χ1n) is 5.46. The van der Waals surface area contributed by atoms with Crippen LogP contribution >= 0.6 is 0 Å². The fourth-order valence-electron chi connectivity index (χ4n) is 3.24. The summed E-state index contributed by atoms with van der Waals surface area (Å²) in [4.78, 5) is 0. The third kappa shape index (κ3) is 1.32. The smallest absolute Gasteiger partial charge is 0.0356 e. The minimum atomic E-state index is -0.791. The highest BCUT2D eigenvalue weighted by Crippen LogP contribution is 2.47. The van der Waals surface area contributed by atoms with E-state index >= 15 is 0 Å². The normalized spacial score (nSPS) is 33.2. The van der Waals surface area contributed by atoms with Crippen molar-refractivity contribution in [2.45, 2.75) is 58.0 Å². The van der Waals surface area contributed by atoms with Crippen LogP contribution in [0.15, 0.2) is 0 Å². The van der Waals surface area contributed by atoms with Gasteiger partial charge in [0.2, 0.25) is 0 Å². The van der Waals surface area contributed by atoms with Crippen LogP contribution < -0.4 is 0 Å². The van der Waals surface area contributed by atoms with Gasteiger partial charge in [0, 0.05) is 29.4 Å². The fourth-order valence-corrected chi connectivity index (χ4v) is 100. The van der Waals surface area contributed by atoms with Crippen LogP contribution in [0.4, 0.5) is 0 Å². The topological polar surface area (TPSA) is 0 Å². The summed E-state index contributed by atoms with van der Waals surface area (Å²) in [5.41, 5.74) is 1.73. The molecule has 1 rings (SSSR count). The Hall–Kier alpha value is 0.868. The molecular formula is C9H26Si4. The second-order valence-corrected chi connectivity index (χ2v) is 48.8. The van der Waals surface area contributed by atoms with Crippen molar-refractivity contribution in [1.29, 1.82) is 0 Å². The molecule has 0 saturated carbocycles. The predicted octanol–water partition coefficient (Wildman–Crippen LogP) is 3.61. The number of hydrogen-bond donors (Lipinski definition) is 0. The van der Waals surface area contributed by atoms with Gasteiger partial charge in [-0.05, 0) is 0 Å². The average Bonchev–Trinajstić information content (AvgIpc) is 1.88. The van der Waals surface area contributed by atoms with Crippen LogP contribution in [0.5, 0.6) is 0 Å². The van der Waals surface area contributed by atoms with Gasteiger partial charge < -0.3 is 0 Å². The summed E-state index contributed by atoms with van der Waals surface area (Å²) in [6.45, 7) is 21.7. The van der Waals surface area contributed by atoms with Gasteiger partial charge in [-0.15, -0.1) is 0 Å². The lowest BCUT2D eigenvalue weighted by molar-refractivity contribution is 1.64. The highest BCUT2D eigenvalue weighted by molar-refractivity contribution is 7.88. The maximum Gasteiger partial charge on any atom is 0.0356 e. The van der Waals surface area contributed by atoms with Gasteiger partial charge in [0.15, 0.2) is 0 Å². The van der Waals surface area contributed by atoms with E-state index < -0.39 is 29.4 Å². The van der Waals surface area contributed by atoms with Gasteiger partial charge in [-0.1, -0.05) is 58.0 Å². The molecule has 0 N–H and O–H groups in total. The Balaban J connectivity index is 3.24. The molecule has 1 fully saturated rings. The molecule has 0 amide bonds. The second-order valence-electron chi connectivity index (χ2n) is 7.19. The third-order valence-electron chi connectivity index (χ3n) is 5.83. The molecule has 78 valence electrons. The van der Waals surface area contributed by atoms with E-state index in [4.69, 9.17) is 0 Å². The maximum atomic E-state index is 2.73. The molecule has 0 radical (unpaired) electrons. The van der Waals surface area contributed by atoms with Gasteiger partial charge in [-0.25, -0.2) is 0 Å². The molecule has 0 aromatic heterocycles. The highest BCUT2D eigenvalue weighted by atomic mass is 29.9. The van der Waals surface area contributed by atoms with Gasteiger partial charge in [0.1, 0.15) is 0 Å². The molecule has 1 heterocycles. The first-order chi connectivity index (χ1) is 5.46. The Labute approximate surface area is 87.5 Å². The second kappa shape index (κ2) is 2.71. The Kier molecular flexibility index (Phi) is 2.49. The summed E-state index contributed by atoms with van der Waals surface area (Å²) in [5.74, 6) is 0. The van der Waals surface area contributed by atoms with Crippen molar-refractivity contribution in [3.05, 3.63) is 0 Å². The SMILES string of the molecule is C[Si]1(C)C[Si](C)(C)[Si](C)(C)[Si]1(C)C. The largest absolute Gasteiger partial charge is 0.0733 e. The van der Waals surface area contributed by atoms with Crippen LogP contribution in [0.2, 0.25) is 58.0 Å². The molecule has 1 saturated heterocycles. The molecule has 1 aliphatic rings. The maximum absolute atomic E-state index is 2.73. The van der Waals surface area contributed by atoms with Crippen molar-refractivity contribution in [1.82, 2.24) is 0 Å². The van der Waals surface area contributed by atoms with E-state index in [9.17, 15) is 0 Å². The lowest BCUT2D eigenvalue weighted by Gasteiger charge is -2.43. The summed E-state index contributed by atoms with van der Waals surface area (Å²) in [6.07, 6.45) is 0. The van der Waals surface area contributed by atoms with Gasteiger partial charge >= 0.3 is 0 Å². The lowest BCUT2D eigenvalue weighted by Crippen LogP contribution is -2.69. The Morgan fingerprint density at radius 3 is 0.846 bits per heavy atom. The van der Waals surface area contributed by atoms with E-state index in [1.54, 1.807) is 5.67 Å². The van der Waals surface area contributed by atoms with Crippen molar-refractivity contribution >= 4 is 29.4 Å². The standard InChI is InChI=1S/C9H26Si4/c1-10(2)9-11(3,4)13(7,8)12(10,5)6/h9H2,1-8H3. The van der Waals surface area contributed by atoms with E-state index in [0.717, 1.165) is 0 Å². The van der Waals surface area contributed by atoms with Gasteiger partial charge in [0.05, 0.1) is 0 Å². The zero-order valence-electron chi connectivity index (χ0n) is 10.7. The van der Waals surface area contributed by atoms with Crippen LogP contribution in [0.3, 0.4) is 0 Å². The molecule has 4 heteroatoms. The molecule has 0 aromatic carbocycles. The Bertz CT molecular complexity index is 204. The summed E-state index contributed by atoms with van der Waals surface area (Å²) in [5, 5.41) is 0. The molecule has 0 aliphatic carbocycles. The van der Waals surface area contributed by atoms with E-state index in [1.165, 1.54) is 0 Å². The summed E-state index contributed by atoms with van der Waals surface area (Å²) < 4.78 is 0. The van der Waals surface area contributed by atoms with Crippen LogP contribution in [-0.2, 0) is 0 Å². The molecule has 0 bridgehead atoms. The average molecular weight is 247 g/mol. The summed E-state index contributed by atoms with van der Waals surface area (Å²) in [6, 6.07) is 0. The first kappa shape index (κ1) is 11.9. The van der Waals surface area contributed by atoms with Gasteiger partial charge in [0.25, 0.3) is 0 Å². The predicted molar refractivity (Wildman–Crippen MR) is 74.7 cm³/mol. The van der Waals surface area contributed by atoms with Crippen molar-refractivity contribution in [3.8, 4) is 0 Å². The summed E-state index contributed by atoms with van der Waals surface area (Å²) >= 11 is 0. The Morgan fingerprint density at radius 1 is 0.538 bits per heavy atom. The van der Waals surface area contributed by atoms with Crippen molar-refractivity contribution in [2.75, 3.05) is 0 Å². The molecule has 0 aromatic rings. The quantitative estimate of drug-likeness (QED) is 0.573. The Morgan fingerprint density at radius 2 is 0.769 bits per heavy atom. The van der Waals surface area contributed by atoms with E-state index in [2.05, 4.69) is 52.4 Å².